The number of carbonyl (C=O) groups is 1. The molecule has 1 aliphatic heterocycles. The monoisotopic (exact) mass is 278 g/mol. The van der Waals surface area contributed by atoms with Gasteiger partial charge in [0.2, 0.25) is 5.91 Å². The molecular weight excluding hydrogens is 248 g/mol. The van der Waals surface area contributed by atoms with Crippen molar-refractivity contribution in [1.82, 2.24) is 10.2 Å². The molecule has 20 heavy (non-hydrogen) atoms. The van der Waals surface area contributed by atoms with Crippen LogP contribution in [0.15, 0.2) is 0 Å². The maximum absolute atomic E-state index is 12.8. The summed E-state index contributed by atoms with van der Waals surface area (Å²) >= 11 is 0. The van der Waals surface area contributed by atoms with Gasteiger partial charge in [-0.05, 0) is 50.4 Å². The number of likely N-dealkylation sites (tertiary alicyclic amines) is 1. The van der Waals surface area contributed by atoms with Gasteiger partial charge in [-0.2, -0.15) is 0 Å². The van der Waals surface area contributed by atoms with E-state index in [2.05, 4.69) is 24.1 Å². The standard InChI is InChI=1S/C17H30N2O/c1-12(2)14-6-3-4-8-16(14)19-11-5-7-15(17(19)20)18-13-9-10-13/h12-16,18H,3-11H2,1-2H3. The summed E-state index contributed by atoms with van der Waals surface area (Å²) in [5, 5.41) is 3.56. The van der Waals surface area contributed by atoms with Gasteiger partial charge in [-0.25, -0.2) is 0 Å². The lowest BCUT2D eigenvalue weighted by atomic mass is 9.76. The molecule has 1 heterocycles. The fraction of sp³-hybridized carbons (Fsp3) is 0.941. The van der Waals surface area contributed by atoms with Gasteiger partial charge in [-0.1, -0.05) is 26.7 Å². The number of rotatable bonds is 4. The molecule has 1 N–H and O–H groups in total. The summed E-state index contributed by atoms with van der Waals surface area (Å²) in [5.41, 5.74) is 0. The van der Waals surface area contributed by atoms with Crippen LogP contribution in [-0.2, 0) is 4.79 Å². The number of hydrogen-bond donors (Lipinski definition) is 1. The van der Waals surface area contributed by atoms with Crippen LogP contribution >= 0.6 is 0 Å². The lowest BCUT2D eigenvalue weighted by Crippen LogP contribution is -2.57. The topological polar surface area (TPSA) is 32.3 Å². The highest BCUT2D eigenvalue weighted by Gasteiger charge is 2.40. The van der Waals surface area contributed by atoms with E-state index in [1.807, 2.05) is 0 Å². The molecule has 0 spiro atoms. The van der Waals surface area contributed by atoms with E-state index in [-0.39, 0.29) is 6.04 Å². The lowest BCUT2D eigenvalue weighted by molar-refractivity contribution is -0.141. The molecule has 1 saturated heterocycles. The van der Waals surface area contributed by atoms with Crippen molar-refractivity contribution < 1.29 is 4.79 Å². The maximum atomic E-state index is 12.8. The number of piperidine rings is 1. The molecule has 0 bridgehead atoms. The molecule has 3 nitrogen and oxygen atoms in total. The summed E-state index contributed by atoms with van der Waals surface area (Å²) in [6.07, 6.45) is 9.95. The Balaban J connectivity index is 1.68. The molecule has 0 radical (unpaired) electrons. The van der Waals surface area contributed by atoms with Crippen LogP contribution in [0.4, 0.5) is 0 Å². The average Bonchev–Trinajstić information content (AvgIpc) is 3.25. The van der Waals surface area contributed by atoms with Crippen molar-refractivity contribution in [2.45, 2.75) is 83.3 Å². The van der Waals surface area contributed by atoms with Crippen molar-refractivity contribution >= 4 is 5.91 Å². The van der Waals surface area contributed by atoms with Crippen LogP contribution in [0.1, 0.15) is 65.2 Å². The molecule has 3 heteroatoms. The van der Waals surface area contributed by atoms with E-state index in [9.17, 15) is 4.79 Å². The minimum Gasteiger partial charge on any atom is -0.338 e. The molecule has 2 saturated carbocycles. The van der Waals surface area contributed by atoms with E-state index >= 15 is 0 Å². The molecular formula is C17H30N2O. The number of hydrogen-bond acceptors (Lipinski definition) is 2. The molecule has 3 unspecified atom stereocenters. The predicted molar refractivity (Wildman–Crippen MR) is 81.5 cm³/mol. The van der Waals surface area contributed by atoms with Crippen LogP contribution in [0.3, 0.4) is 0 Å². The van der Waals surface area contributed by atoms with E-state index in [1.54, 1.807) is 0 Å². The number of nitrogens with one attached hydrogen (secondary N) is 1. The largest absolute Gasteiger partial charge is 0.338 e. The van der Waals surface area contributed by atoms with Gasteiger partial charge in [0.1, 0.15) is 0 Å². The van der Waals surface area contributed by atoms with E-state index in [0.29, 0.717) is 29.8 Å². The minimum atomic E-state index is 0.117. The number of nitrogens with zero attached hydrogens (tertiary/aromatic N) is 1. The summed E-state index contributed by atoms with van der Waals surface area (Å²) in [6.45, 7) is 5.66. The van der Waals surface area contributed by atoms with E-state index in [1.165, 1.54) is 44.9 Å². The highest BCUT2D eigenvalue weighted by Crippen LogP contribution is 2.35. The van der Waals surface area contributed by atoms with Crippen molar-refractivity contribution in [2.75, 3.05) is 6.54 Å². The van der Waals surface area contributed by atoms with Crippen LogP contribution in [0, 0.1) is 11.8 Å². The lowest BCUT2D eigenvalue weighted by Gasteiger charge is -2.45. The van der Waals surface area contributed by atoms with Crippen LogP contribution in [-0.4, -0.2) is 35.5 Å². The molecule has 3 aliphatic rings. The van der Waals surface area contributed by atoms with E-state index < -0.39 is 0 Å². The Labute approximate surface area is 123 Å². The summed E-state index contributed by atoms with van der Waals surface area (Å²) in [6, 6.07) is 1.27. The third-order valence-corrected chi connectivity index (χ3v) is 5.53. The van der Waals surface area contributed by atoms with Crippen LogP contribution in [0.2, 0.25) is 0 Å². The molecule has 1 amide bonds. The predicted octanol–water partition coefficient (Wildman–Crippen LogP) is 2.94. The van der Waals surface area contributed by atoms with Gasteiger partial charge in [0.15, 0.2) is 0 Å². The van der Waals surface area contributed by atoms with Crippen LogP contribution < -0.4 is 5.32 Å². The van der Waals surface area contributed by atoms with Crippen LogP contribution in [0.25, 0.3) is 0 Å². The Morgan fingerprint density at radius 1 is 1.05 bits per heavy atom. The quantitative estimate of drug-likeness (QED) is 0.857. The van der Waals surface area contributed by atoms with Gasteiger partial charge in [-0.15, -0.1) is 0 Å². The second kappa shape index (κ2) is 6.05. The minimum absolute atomic E-state index is 0.117. The first-order valence-corrected chi connectivity index (χ1v) is 8.73. The zero-order valence-electron chi connectivity index (χ0n) is 13.1. The molecule has 3 rings (SSSR count). The summed E-state index contributed by atoms with van der Waals surface area (Å²) in [4.78, 5) is 15.1. The average molecular weight is 278 g/mol. The third kappa shape index (κ3) is 3.03. The number of carbonyl (C=O) groups excluding carboxylic acids is 1. The highest BCUT2D eigenvalue weighted by molar-refractivity contribution is 5.83. The molecule has 2 aliphatic carbocycles. The van der Waals surface area contributed by atoms with Crippen LogP contribution in [0.5, 0.6) is 0 Å². The smallest absolute Gasteiger partial charge is 0.239 e. The van der Waals surface area contributed by atoms with Crippen molar-refractivity contribution in [1.29, 1.82) is 0 Å². The summed E-state index contributed by atoms with van der Waals surface area (Å²) in [7, 11) is 0. The van der Waals surface area contributed by atoms with Crippen molar-refractivity contribution in [3.05, 3.63) is 0 Å². The van der Waals surface area contributed by atoms with Gasteiger partial charge in [0.25, 0.3) is 0 Å². The maximum Gasteiger partial charge on any atom is 0.239 e. The Kier molecular flexibility index (Phi) is 4.34. The normalized spacial score (nSPS) is 35.6. The second-order valence-electron chi connectivity index (χ2n) is 7.43. The van der Waals surface area contributed by atoms with E-state index in [4.69, 9.17) is 0 Å². The van der Waals surface area contributed by atoms with Gasteiger partial charge in [-0.3, -0.25) is 4.79 Å². The molecule has 0 aromatic heterocycles. The third-order valence-electron chi connectivity index (χ3n) is 5.53. The summed E-state index contributed by atoms with van der Waals surface area (Å²) < 4.78 is 0. The first kappa shape index (κ1) is 14.4. The first-order chi connectivity index (χ1) is 9.66. The molecule has 0 aromatic carbocycles. The summed E-state index contributed by atoms with van der Waals surface area (Å²) in [5.74, 6) is 1.82. The molecule has 3 fully saturated rings. The second-order valence-corrected chi connectivity index (χ2v) is 7.43. The Bertz CT molecular complexity index is 351. The number of amides is 1. The van der Waals surface area contributed by atoms with Gasteiger partial charge in [0, 0.05) is 18.6 Å². The van der Waals surface area contributed by atoms with Gasteiger partial charge < -0.3 is 10.2 Å². The van der Waals surface area contributed by atoms with Gasteiger partial charge >= 0.3 is 0 Å². The zero-order valence-corrected chi connectivity index (χ0v) is 13.1. The van der Waals surface area contributed by atoms with E-state index in [0.717, 1.165) is 13.0 Å². The van der Waals surface area contributed by atoms with Gasteiger partial charge in [0.05, 0.1) is 6.04 Å². The highest BCUT2D eigenvalue weighted by atomic mass is 16.2. The molecule has 0 aromatic rings. The molecule has 114 valence electrons. The fourth-order valence-corrected chi connectivity index (χ4v) is 4.22. The van der Waals surface area contributed by atoms with Crippen molar-refractivity contribution in [3.63, 3.8) is 0 Å². The Morgan fingerprint density at radius 2 is 1.80 bits per heavy atom. The van der Waals surface area contributed by atoms with Crippen molar-refractivity contribution in [3.8, 4) is 0 Å². The first-order valence-electron chi connectivity index (χ1n) is 8.73. The Morgan fingerprint density at radius 3 is 2.50 bits per heavy atom. The fourth-order valence-electron chi connectivity index (χ4n) is 4.22. The molecule has 3 atom stereocenters. The SMILES string of the molecule is CC(C)C1CCCCC1N1CCCC(NC2CC2)C1=O. The van der Waals surface area contributed by atoms with Crippen molar-refractivity contribution in [2.24, 2.45) is 11.8 Å². The zero-order chi connectivity index (χ0) is 14.1. The Hall–Kier alpha value is -0.570.